The predicted octanol–water partition coefficient (Wildman–Crippen LogP) is 3.38. The Morgan fingerprint density at radius 3 is 2.71 bits per heavy atom. The average molecular weight is 256 g/mol. The van der Waals surface area contributed by atoms with Crippen LogP contribution in [-0.2, 0) is 6.42 Å². The molecule has 0 amide bonds. The monoisotopic (exact) mass is 255 g/mol. The molecule has 1 atom stereocenters. The normalized spacial score (nSPS) is 12.8. The molecule has 0 spiro atoms. The molecule has 0 aliphatic rings. The fourth-order valence-electron chi connectivity index (χ4n) is 1.60. The second kappa shape index (κ2) is 6.20. The minimum atomic E-state index is 0.606. The maximum Gasteiger partial charge on any atom is 0.0178 e. The van der Waals surface area contributed by atoms with E-state index in [0.717, 1.165) is 13.0 Å². The van der Waals surface area contributed by atoms with E-state index in [2.05, 4.69) is 59.4 Å². The van der Waals surface area contributed by atoms with Gasteiger partial charge in [0, 0.05) is 10.5 Å². The van der Waals surface area contributed by atoms with Gasteiger partial charge in [0.15, 0.2) is 0 Å². The highest BCUT2D eigenvalue weighted by atomic mass is 79.9. The van der Waals surface area contributed by atoms with E-state index in [0.29, 0.717) is 6.04 Å². The summed E-state index contributed by atoms with van der Waals surface area (Å²) in [6, 6.07) is 9.15. The highest BCUT2D eigenvalue weighted by Crippen LogP contribution is 2.13. The lowest BCUT2D eigenvalue weighted by molar-refractivity contribution is 0.510. The summed E-state index contributed by atoms with van der Waals surface area (Å²) in [7, 11) is 0. The molecule has 1 N–H and O–H groups in total. The highest BCUT2D eigenvalue weighted by Gasteiger charge is 2.05. The van der Waals surface area contributed by atoms with Crippen molar-refractivity contribution < 1.29 is 0 Å². The molecule has 1 nitrogen and oxygen atoms in total. The summed E-state index contributed by atoms with van der Waals surface area (Å²) in [6.07, 6.45) is 2.30. The van der Waals surface area contributed by atoms with Crippen LogP contribution in [0.3, 0.4) is 0 Å². The van der Waals surface area contributed by atoms with E-state index in [9.17, 15) is 0 Å². The summed E-state index contributed by atoms with van der Waals surface area (Å²) < 4.78 is 1.17. The van der Waals surface area contributed by atoms with Crippen molar-refractivity contribution >= 4 is 15.9 Å². The first-order chi connectivity index (χ1) is 6.76. The molecule has 2 heteroatoms. The zero-order chi connectivity index (χ0) is 10.4. The second-order valence-corrected chi connectivity index (χ2v) is 4.41. The number of likely N-dealkylation sites (N-methyl/N-ethyl adjacent to an activating group) is 1. The minimum Gasteiger partial charge on any atom is -0.314 e. The van der Waals surface area contributed by atoms with Gasteiger partial charge in [0.2, 0.25) is 0 Å². The lowest BCUT2D eigenvalue weighted by atomic mass is 10.0. The fourth-order valence-corrected chi connectivity index (χ4v) is 2.04. The van der Waals surface area contributed by atoms with E-state index < -0.39 is 0 Å². The minimum absolute atomic E-state index is 0.606. The van der Waals surface area contributed by atoms with E-state index in [1.54, 1.807) is 0 Å². The first kappa shape index (κ1) is 11.7. The summed E-state index contributed by atoms with van der Waals surface area (Å²) in [5.74, 6) is 0. The summed E-state index contributed by atoms with van der Waals surface area (Å²) in [4.78, 5) is 0. The molecule has 0 radical (unpaired) electrons. The van der Waals surface area contributed by atoms with Gasteiger partial charge in [-0.1, -0.05) is 41.9 Å². The van der Waals surface area contributed by atoms with Crippen molar-refractivity contribution in [3.8, 4) is 0 Å². The molecule has 0 aliphatic carbocycles. The van der Waals surface area contributed by atoms with Gasteiger partial charge in [-0.25, -0.2) is 0 Å². The third-order valence-corrected chi connectivity index (χ3v) is 2.85. The van der Waals surface area contributed by atoms with Crippen molar-refractivity contribution in [3.63, 3.8) is 0 Å². The first-order valence-corrected chi connectivity index (χ1v) is 6.03. The lowest BCUT2D eigenvalue weighted by Gasteiger charge is -2.15. The van der Waals surface area contributed by atoms with Crippen LogP contribution in [0.15, 0.2) is 28.7 Å². The van der Waals surface area contributed by atoms with Crippen LogP contribution in [0, 0.1) is 0 Å². The van der Waals surface area contributed by atoms with Gasteiger partial charge in [0.25, 0.3) is 0 Å². The molecular weight excluding hydrogens is 238 g/mol. The third-order valence-electron chi connectivity index (χ3n) is 2.36. The van der Waals surface area contributed by atoms with Crippen molar-refractivity contribution in [2.75, 3.05) is 6.54 Å². The SMILES string of the molecule is CCNC(CC)Cc1cccc(Br)c1. The Morgan fingerprint density at radius 1 is 1.36 bits per heavy atom. The van der Waals surface area contributed by atoms with Crippen LogP contribution in [0.4, 0.5) is 0 Å². The number of halogens is 1. The van der Waals surface area contributed by atoms with Crippen LogP contribution in [0.5, 0.6) is 0 Å². The van der Waals surface area contributed by atoms with Gasteiger partial charge in [-0.05, 0) is 37.1 Å². The molecule has 0 fully saturated rings. The number of rotatable bonds is 5. The van der Waals surface area contributed by atoms with E-state index in [4.69, 9.17) is 0 Å². The Morgan fingerprint density at radius 2 is 2.14 bits per heavy atom. The molecule has 1 rings (SSSR count). The smallest absolute Gasteiger partial charge is 0.0178 e. The largest absolute Gasteiger partial charge is 0.314 e. The third kappa shape index (κ3) is 3.81. The zero-order valence-electron chi connectivity index (χ0n) is 8.89. The molecule has 78 valence electrons. The molecule has 1 aromatic carbocycles. The Hall–Kier alpha value is -0.340. The van der Waals surface area contributed by atoms with Gasteiger partial charge in [-0.15, -0.1) is 0 Å². The van der Waals surface area contributed by atoms with Crippen LogP contribution in [-0.4, -0.2) is 12.6 Å². The van der Waals surface area contributed by atoms with E-state index in [1.165, 1.54) is 16.5 Å². The van der Waals surface area contributed by atoms with Crippen molar-refractivity contribution in [2.24, 2.45) is 0 Å². The molecule has 0 heterocycles. The Bertz CT molecular complexity index is 273. The zero-order valence-corrected chi connectivity index (χ0v) is 10.5. The standard InChI is InChI=1S/C12H18BrN/c1-3-12(14-4-2)9-10-6-5-7-11(13)8-10/h5-8,12,14H,3-4,9H2,1-2H3. The molecule has 14 heavy (non-hydrogen) atoms. The van der Waals surface area contributed by atoms with Gasteiger partial charge in [-0.2, -0.15) is 0 Å². The molecule has 1 unspecified atom stereocenters. The molecule has 0 bridgehead atoms. The van der Waals surface area contributed by atoms with Crippen molar-refractivity contribution in [3.05, 3.63) is 34.3 Å². The molecule has 0 saturated heterocycles. The van der Waals surface area contributed by atoms with Crippen molar-refractivity contribution in [1.82, 2.24) is 5.32 Å². The summed E-state index contributed by atoms with van der Waals surface area (Å²) >= 11 is 3.49. The molecule has 0 saturated carbocycles. The van der Waals surface area contributed by atoms with E-state index >= 15 is 0 Å². The van der Waals surface area contributed by atoms with Crippen LogP contribution >= 0.6 is 15.9 Å². The van der Waals surface area contributed by atoms with Crippen LogP contribution in [0.25, 0.3) is 0 Å². The summed E-state index contributed by atoms with van der Waals surface area (Å²) in [5.41, 5.74) is 1.40. The molecular formula is C12H18BrN. The topological polar surface area (TPSA) is 12.0 Å². The van der Waals surface area contributed by atoms with Crippen LogP contribution < -0.4 is 5.32 Å². The summed E-state index contributed by atoms with van der Waals surface area (Å²) in [6.45, 7) is 5.43. The number of hydrogen-bond donors (Lipinski definition) is 1. The predicted molar refractivity (Wildman–Crippen MR) is 65.6 cm³/mol. The first-order valence-electron chi connectivity index (χ1n) is 5.24. The van der Waals surface area contributed by atoms with Gasteiger partial charge in [-0.3, -0.25) is 0 Å². The Balaban J connectivity index is 2.57. The second-order valence-electron chi connectivity index (χ2n) is 3.50. The van der Waals surface area contributed by atoms with Crippen molar-refractivity contribution in [2.45, 2.75) is 32.7 Å². The highest BCUT2D eigenvalue weighted by molar-refractivity contribution is 9.10. The van der Waals surface area contributed by atoms with E-state index in [-0.39, 0.29) is 0 Å². The van der Waals surface area contributed by atoms with E-state index in [1.807, 2.05) is 0 Å². The van der Waals surface area contributed by atoms with Gasteiger partial charge in [0.1, 0.15) is 0 Å². The Labute approximate surface area is 95.0 Å². The molecule has 1 aromatic rings. The Kier molecular flexibility index (Phi) is 5.20. The van der Waals surface area contributed by atoms with Gasteiger partial charge < -0.3 is 5.32 Å². The van der Waals surface area contributed by atoms with Gasteiger partial charge >= 0.3 is 0 Å². The number of benzene rings is 1. The molecule has 0 aliphatic heterocycles. The molecule has 0 aromatic heterocycles. The maximum atomic E-state index is 3.49. The number of nitrogens with one attached hydrogen (secondary N) is 1. The van der Waals surface area contributed by atoms with Crippen LogP contribution in [0.2, 0.25) is 0 Å². The van der Waals surface area contributed by atoms with Gasteiger partial charge in [0.05, 0.1) is 0 Å². The van der Waals surface area contributed by atoms with Crippen LogP contribution in [0.1, 0.15) is 25.8 Å². The fraction of sp³-hybridized carbons (Fsp3) is 0.500. The van der Waals surface area contributed by atoms with Crippen molar-refractivity contribution in [1.29, 1.82) is 0 Å². The average Bonchev–Trinajstić information content (AvgIpc) is 2.17. The summed E-state index contributed by atoms with van der Waals surface area (Å²) in [5, 5.41) is 3.48. The quantitative estimate of drug-likeness (QED) is 0.851. The lowest BCUT2D eigenvalue weighted by Crippen LogP contribution is -2.30. The maximum absolute atomic E-state index is 3.49. The number of hydrogen-bond acceptors (Lipinski definition) is 1.